The summed E-state index contributed by atoms with van der Waals surface area (Å²) in [6, 6.07) is 2.02. The summed E-state index contributed by atoms with van der Waals surface area (Å²) in [5.74, 6) is -0.658. The standard InChI is InChI=1S/C9H7BrF3NO/c1-4(15)8-6(9(11,12)13)2-5(14)3-7(8)10/h2-3H,14H2,1H3. The van der Waals surface area contributed by atoms with E-state index in [9.17, 15) is 18.0 Å². The number of benzene rings is 1. The van der Waals surface area contributed by atoms with E-state index in [0.717, 1.165) is 13.0 Å². The number of carbonyl (C=O) groups is 1. The van der Waals surface area contributed by atoms with E-state index in [0.29, 0.717) is 0 Å². The van der Waals surface area contributed by atoms with Crippen LogP contribution < -0.4 is 5.73 Å². The highest BCUT2D eigenvalue weighted by Gasteiger charge is 2.35. The summed E-state index contributed by atoms with van der Waals surface area (Å²) >= 11 is 2.89. The summed E-state index contributed by atoms with van der Waals surface area (Å²) in [5, 5.41) is 0. The van der Waals surface area contributed by atoms with Crippen molar-refractivity contribution in [3.63, 3.8) is 0 Å². The second kappa shape index (κ2) is 3.84. The van der Waals surface area contributed by atoms with Crippen molar-refractivity contribution in [1.29, 1.82) is 0 Å². The molecule has 2 N–H and O–H groups in total. The van der Waals surface area contributed by atoms with E-state index >= 15 is 0 Å². The zero-order valence-corrected chi connectivity index (χ0v) is 9.24. The summed E-state index contributed by atoms with van der Waals surface area (Å²) < 4.78 is 37.7. The van der Waals surface area contributed by atoms with Gasteiger partial charge in [0.1, 0.15) is 0 Å². The van der Waals surface area contributed by atoms with Gasteiger partial charge in [0.15, 0.2) is 5.78 Å². The Balaban J connectivity index is 3.54. The molecule has 0 amide bonds. The molecule has 0 saturated heterocycles. The highest BCUT2D eigenvalue weighted by atomic mass is 79.9. The van der Waals surface area contributed by atoms with Crippen molar-refractivity contribution in [2.45, 2.75) is 13.1 Å². The van der Waals surface area contributed by atoms with Crippen LogP contribution in [0.25, 0.3) is 0 Å². The van der Waals surface area contributed by atoms with Crippen LogP contribution in [-0.4, -0.2) is 5.78 Å². The maximum Gasteiger partial charge on any atom is 0.417 e. The van der Waals surface area contributed by atoms with E-state index in [4.69, 9.17) is 5.73 Å². The van der Waals surface area contributed by atoms with Crippen LogP contribution in [0.5, 0.6) is 0 Å². The predicted molar refractivity (Wildman–Crippen MR) is 53.6 cm³/mol. The first-order valence-electron chi connectivity index (χ1n) is 3.90. The Bertz CT molecular complexity index is 415. The molecule has 0 aliphatic carbocycles. The minimum atomic E-state index is -4.58. The maximum absolute atomic E-state index is 12.5. The third kappa shape index (κ3) is 2.50. The third-order valence-electron chi connectivity index (χ3n) is 1.77. The Kier molecular flexibility index (Phi) is 3.08. The second-order valence-corrected chi connectivity index (χ2v) is 3.83. The van der Waals surface area contributed by atoms with E-state index in [1.54, 1.807) is 0 Å². The molecule has 0 spiro atoms. The number of hydrogen-bond acceptors (Lipinski definition) is 2. The Morgan fingerprint density at radius 3 is 2.33 bits per heavy atom. The van der Waals surface area contributed by atoms with Gasteiger partial charge in [-0.15, -0.1) is 0 Å². The van der Waals surface area contributed by atoms with Crippen LogP contribution in [0, 0.1) is 0 Å². The van der Waals surface area contributed by atoms with Gasteiger partial charge in [-0.25, -0.2) is 0 Å². The number of anilines is 1. The number of alkyl halides is 3. The molecule has 0 atom stereocenters. The smallest absolute Gasteiger partial charge is 0.399 e. The van der Waals surface area contributed by atoms with Crippen LogP contribution in [0.4, 0.5) is 18.9 Å². The van der Waals surface area contributed by atoms with Crippen LogP contribution in [-0.2, 0) is 6.18 Å². The minimum Gasteiger partial charge on any atom is -0.399 e. The summed E-state index contributed by atoms with van der Waals surface area (Å²) in [5.41, 5.74) is 3.84. The van der Waals surface area contributed by atoms with Crippen molar-refractivity contribution < 1.29 is 18.0 Å². The van der Waals surface area contributed by atoms with E-state index in [2.05, 4.69) is 15.9 Å². The van der Waals surface area contributed by atoms with Crippen molar-refractivity contribution in [3.05, 3.63) is 27.7 Å². The fraction of sp³-hybridized carbons (Fsp3) is 0.222. The fourth-order valence-electron chi connectivity index (χ4n) is 1.21. The number of hydrogen-bond donors (Lipinski definition) is 1. The van der Waals surface area contributed by atoms with E-state index in [1.165, 1.54) is 6.07 Å². The first-order chi connectivity index (χ1) is 6.73. The lowest BCUT2D eigenvalue weighted by Gasteiger charge is -2.13. The van der Waals surface area contributed by atoms with Crippen molar-refractivity contribution in [2.24, 2.45) is 0 Å². The molecule has 1 rings (SSSR count). The first kappa shape index (κ1) is 12.0. The Hall–Kier alpha value is -1.04. The number of halogens is 4. The van der Waals surface area contributed by atoms with Crippen molar-refractivity contribution >= 4 is 27.4 Å². The van der Waals surface area contributed by atoms with Gasteiger partial charge in [-0.3, -0.25) is 4.79 Å². The number of Topliss-reactive ketones (excluding diaryl/α,β-unsaturated/α-hetero) is 1. The lowest BCUT2D eigenvalue weighted by Crippen LogP contribution is -2.13. The van der Waals surface area contributed by atoms with Gasteiger partial charge in [-0.1, -0.05) is 0 Å². The molecule has 15 heavy (non-hydrogen) atoms. The van der Waals surface area contributed by atoms with Gasteiger partial charge >= 0.3 is 6.18 Å². The molecule has 0 unspecified atom stereocenters. The van der Waals surface area contributed by atoms with Gasteiger partial charge < -0.3 is 5.73 Å². The lowest BCUT2D eigenvalue weighted by molar-refractivity contribution is -0.137. The van der Waals surface area contributed by atoms with Crippen molar-refractivity contribution in [2.75, 3.05) is 5.73 Å². The van der Waals surface area contributed by atoms with Gasteiger partial charge in [0.2, 0.25) is 0 Å². The van der Waals surface area contributed by atoms with Crippen LogP contribution in [0.15, 0.2) is 16.6 Å². The molecule has 1 aromatic carbocycles. The average molecular weight is 282 g/mol. The van der Waals surface area contributed by atoms with E-state index < -0.39 is 23.1 Å². The molecule has 0 fully saturated rings. The number of carbonyl (C=O) groups excluding carboxylic acids is 1. The molecule has 0 bridgehead atoms. The average Bonchev–Trinajstić information content (AvgIpc) is 1.99. The number of ketones is 1. The van der Waals surface area contributed by atoms with Gasteiger partial charge in [-0.05, 0) is 35.0 Å². The molecule has 2 nitrogen and oxygen atoms in total. The zero-order chi connectivity index (χ0) is 11.8. The van der Waals surface area contributed by atoms with Gasteiger partial charge in [-0.2, -0.15) is 13.2 Å². The molecular weight excluding hydrogens is 275 g/mol. The zero-order valence-electron chi connectivity index (χ0n) is 7.65. The number of nitrogen functional groups attached to an aromatic ring is 1. The molecule has 0 aliphatic rings. The summed E-state index contributed by atoms with van der Waals surface area (Å²) in [6.45, 7) is 1.07. The number of rotatable bonds is 1. The van der Waals surface area contributed by atoms with Crippen molar-refractivity contribution in [3.8, 4) is 0 Å². The third-order valence-corrected chi connectivity index (χ3v) is 2.40. The highest BCUT2D eigenvalue weighted by molar-refractivity contribution is 9.10. The van der Waals surface area contributed by atoms with E-state index in [-0.39, 0.29) is 10.2 Å². The molecule has 6 heteroatoms. The quantitative estimate of drug-likeness (QED) is 0.634. The molecule has 0 aromatic heterocycles. The minimum absolute atomic E-state index is 0.0424. The Morgan fingerprint density at radius 1 is 1.40 bits per heavy atom. The Morgan fingerprint density at radius 2 is 1.93 bits per heavy atom. The summed E-state index contributed by atoms with van der Waals surface area (Å²) in [6.07, 6.45) is -4.58. The second-order valence-electron chi connectivity index (χ2n) is 2.98. The first-order valence-corrected chi connectivity index (χ1v) is 4.70. The summed E-state index contributed by atoms with van der Waals surface area (Å²) in [7, 11) is 0. The van der Waals surface area contributed by atoms with E-state index in [1.807, 2.05) is 0 Å². The highest BCUT2D eigenvalue weighted by Crippen LogP contribution is 2.36. The van der Waals surface area contributed by atoms with Crippen LogP contribution in [0.1, 0.15) is 22.8 Å². The predicted octanol–water partition coefficient (Wildman–Crippen LogP) is 3.25. The van der Waals surface area contributed by atoms with Crippen LogP contribution >= 0.6 is 15.9 Å². The SMILES string of the molecule is CC(=O)c1c(Br)cc(N)cc1C(F)(F)F. The molecular formula is C9H7BrF3NO. The molecule has 0 radical (unpaired) electrons. The van der Waals surface area contributed by atoms with Crippen molar-refractivity contribution in [1.82, 2.24) is 0 Å². The lowest BCUT2D eigenvalue weighted by atomic mass is 10.0. The van der Waals surface area contributed by atoms with Gasteiger partial charge in [0.25, 0.3) is 0 Å². The van der Waals surface area contributed by atoms with Gasteiger partial charge in [0.05, 0.1) is 5.56 Å². The molecule has 82 valence electrons. The molecule has 1 aromatic rings. The van der Waals surface area contributed by atoms with Crippen LogP contribution in [0.3, 0.4) is 0 Å². The molecule has 0 aliphatic heterocycles. The fourth-order valence-corrected chi connectivity index (χ4v) is 1.97. The monoisotopic (exact) mass is 281 g/mol. The van der Waals surface area contributed by atoms with Crippen LogP contribution in [0.2, 0.25) is 0 Å². The molecule has 0 saturated carbocycles. The molecule has 0 heterocycles. The topological polar surface area (TPSA) is 43.1 Å². The normalized spacial score (nSPS) is 11.5. The largest absolute Gasteiger partial charge is 0.417 e. The maximum atomic E-state index is 12.5. The number of nitrogens with two attached hydrogens (primary N) is 1. The summed E-state index contributed by atoms with van der Waals surface area (Å²) in [4.78, 5) is 11.1. The Labute approximate surface area is 92.4 Å². The van der Waals surface area contributed by atoms with Gasteiger partial charge in [0, 0.05) is 15.7 Å².